The van der Waals surface area contributed by atoms with Gasteiger partial charge in [0.1, 0.15) is 5.54 Å². The van der Waals surface area contributed by atoms with E-state index in [0.29, 0.717) is 17.0 Å². The monoisotopic (exact) mass is 387 g/mol. The van der Waals surface area contributed by atoms with Crippen molar-refractivity contribution in [3.05, 3.63) is 22.8 Å². The number of likely N-dealkylation sites (N-methyl/N-ethyl adjacent to an activating group) is 1. The number of carboxylic acid groups (broad SMARTS) is 1. The Hall–Kier alpha value is -2.72. The molecule has 0 aliphatic rings. The second-order valence-corrected chi connectivity index (χ2v) is 6.72. The first-order valence-corrected chi connectivity index (χ1v) is 8.07. The molecule has 1 N–H and O–H groups in total. The fraction of sp³-hybridized carbons (Fsp3) is 0.562. The molecule has 2 heterocycles. The molecule has 27 heavy (non-hydrogen) atoms. The van der Waals surface area contributed by atoms with Crippen LogP contribution in [0, 0.1) is 13.8 Å². The molecule has 0 aromatic carbocycles. The second-order valence-electron chi connectivity index (χ2n) is 6.72. The lowest BCUT2D eigenvalue weighted by atomic mass is 10.0. The molecule has 1 amide bonds. The van der Waals surface area contributed by atoms with Crippen LogP contribution in [0.2, 0.25) is 0 Å². The van der Waals surface area contributed by atoms with Crippen molar-refractivity contribution in [2.24, 2.45) is 0 Å². The average molecular weight is 387 g/mol. The molecule has 0 bridgehead atoms. The highest BCUT2D eigenvalue weighted by Gasteiger charge is 2.37. The smallest absolute Gasteiger partial charge is 0.453 e. The predicted molar refractivity (Wildman–Crippen MR) is 88.1 cm³/mol. The third kappa shape index (κ3) is 3.86. The fourth-order valence-corrected chi connectivity index (χ4v) is 2.55. The van der Waals surface area contributed by atoms with Crippen LogP contribution in [-0.4, -0.2) is 54.1 Å². The number of amides is 1. The summed E-state index contributed by atoms with van der Waals surface area (Å²) in [6.45, 7) is 6.00. The number of hydrogen-bond donors (Lipinski definition) is 1. The maximum atomic E-state index is 12.8. The summed E-state index contributed by atoms with van der Waals surface area (Å²) in [4.78, 5) is 32.2. The van der Waals surface area contributed by atoms with Crippen molar-refractivity contribution in [1.29, 1.82) is 0 Å². The van der Waals surface area contributed by atoms with Crippen molar-refractivity contribution >= 4 is 17.7 Å². The summed E-state index contributed by atoms with van der Waals surface area (Å²) in [6.07, 6.45) is -4.53. The molecule has 0 saturated carbocycles. The minimum absolute atomic E-state index is 0.0249. The van der Waals surface area contributed by atoms with Crippen molar-refractivity contribution in [2.45, 2.75) is 52.3 Å². The number of hydrogen-bond acceptors (Lipinski definition) is 5. The van der Waals surface area contributed by atoms with Crippen LogP contribution in [0.5, 0.6) is 0 Å². The maximum absolute atomic E-state index is 12.8. The Morgan fingerprint density at radius 2 is 1.78 bits per heavy atom. The molecule has 8 nitrogen and oxygen atoms in total. The maximum Gasteiger partial charge on any atom is 0.453 e. The molecule has 11 heteroatoms. The number of carbonyl (C=O) groups is 2. The molecule has 0 saturated heterocycles. The third-order valence-electron chi connectivity index (χ3n) is 4.63. The molecule has 0 aliphatic heterocycles. The van der Waals surface area contributed by atoms with Gasteiger partial charge in [-0.2, -0.15) is 18.2 Å². The number of carbonyl (C=O) groups excluding carboxylic acids is 1. The standard InChI is InChI=1S/C16H20F3N5O3/c1-8-10(6-7-11(25)23(5)15(3,4)13(26)27)9(2)24-14(20-8)21-12(22-24)16(17,18)19/h6-7H2,1-5H3,(H,26,27). The lowest BCUT2D eigenvalue weighted by Gasteiger charge is -2.31. The average Bonchev–Trinajstić information content (AvgIpc) is 2.97. The van der Waals surface area contributed by atoms with Gasteiger partial charge in [0, 0.05) is 24.9 Å². The molecule has 0 spiro atoms. The topological polar surface area (TPSA) is 101 Å². The van der Waals surface area contributed by atoms with E-state index >= 15 is 0 Å². The first-order valence-electron chi connectivity index (χ1n) is 8.07. The van der Waals surface area contributed by atoms with Crippen LogP contribution in [0.1, 0.15) is 43.0 Å². The Morgan fingerprint density at radius 1 is 1.19 bits per heavy atom. The Morgan fingerprint density at radius 3 is 2.30 bits per heavy atom. The zero-order valence-corrected chi connectivity index (χ0v) is 15.5. The molecule has 0 aliphatic carbocycles. The number of carboxylic acids is 1. The van der Waals surface area contributed by atoms with Gasteiger partial charge in [0.25, 0.3) is 11.6 Å². The van der Waals surface area contributed by atoms with Gasteiger partial charge in [-0.3, -0.25) is 4.79 Å². The molecule has 0 fully saturated rings. The molecule has 2 aromatic heterocycles. The molecule has 148 valence electrons. The summed E-state index contributed by atoms with van der Waals surface area (Å²) in [7, 11) is 1.39. The van der Waals surface area contributed by atoms with Gasteiger partial charge in [-0.05, 0) is 39.7 Å². The summed E-state index contributed by atoms with van der Waals surface area (Å²) < 4.78 is 39.4. The molecule has 0 radical (unpaired) electrons. The van der Waals surface area contributed by atoms with Crippen LogP contribution in [-0.2, 0) is 22.2 Å². The summed E-state index contributed by atoms with van der Waals surface area (Å²) in [6, 6.07) is 0. The first-order chi connectivity index (χ1) is 12.3. The largest absolute Gasteiger partial charge is 0.480 e. The quantitative estimate of drug-likeness (QED) is 0.842. The Balaban J connectivity index is 2.29. The summed E-state index contributed by atoms with van der Waals surface area (Å²) >= 11 is 0. The van der Waals surface area contributed by atoms with Crippen molar-refractivity contribution in [1.82, 2.24) is 24.5 Å². The number of alkyl halides is 3. The number of rotatable bonds is 5. The third-order valence-corrected chi connectivity index (χ3v) is 4.63. The van der Waals surface area contributed by atoms with Crippen LogP contribution < -0.4 is 0 Å². The minimum Gasteiger partial charge on any atom is -0.480 e. The van der Waals surface area contributed by atoms with Gasteiger partial charge >= 0.3 is 12.1 Å². The van der Waals surface area contributed by atoms with Gasteiger partial charge in [0.15, 0.2) is 0 Å². The molecule has 2 rings (SSSR count). The highest BCUT2D eigenvalue weighted by molar-refractivity contribution is 5.86. The van der Waals surface area contributed by atoms with E-state index in [1.54, 1.807) is 13.8 Å². The molecule has 2 aromatic rings. The fourth-order valence-electron chi connectivity index (χ4n) is 2.55. The number of aryl methyl sites for hydroxylation is 2. The van der Waals surface area contributed by atoms with E-state index in [1.165, 1.54) is 20.9 Å². The highest BCUT2D eigenvalue weighted by Crippen LogP contribution is 2.27. The lowest BCUT2D eigenvalue weighted by Crippen LogP contribution is -2.50. The molecular formula is C16H20F3N5O3. The van der Waals surface area contributed by atoms with Crippen LogP contribution in [0.25, 0.3) is 5.78 Å². The van der Waals surface area contributed by atoms with Gasteiger partial charge in [-0.25, -0.2) is 14.3 Å². The van der Waals surface area contributed by atoms with Gasteiger partial charge in [-0.1, -0.05) is 0 Å². The van der Waals surface area contributed by atoms with Gasteiger partial charge in [-0.15, -0.1) is 5.10 Å². The predicted octanol–water partition coefficient (Wildman–Crippen LogP) is 2.01. The summed E-state index contributed by atoms with van der Waals surface area (Å²) in [5.74, 6) is -3.00. The first kappa shape index (κ1) is 20.6. The summed E-state index contributed by atoms with van der Waals surface area (Å²) in [5.41, 5.74) is 0.0233. The van der Waals surface area contributed by atoms with Crippen molar-refractivity contribution in [3.63, 3.8) is 0 Å². The number of halogens is 3. The Bertz CT molecular complexity index is 905. The number of aromatic nitrogens is 4. The minimum atomic E-state index is -4.69. The second kappa shape index (κ2) is 6.78. The van der Waals surface area contributed by atoms with E-state index in [1.807, 2.05) is 0 Å². The number of nitrogens with zero attached hydrogens (tertiary/aromatic N) is 5. The van der Waals surface area contributed by atoms with Gasteiger partial charge < -0.3 is 10.0 Å². The van der Waals surface area contributed by atoms with Crippen molar-refractivity contribution < 1.29 is 27.9 Å². The Kier molecular flexibility index (Phi) is 5.17. The summed E-state index contributed by atoms with van der Waals surface area (Å²) in [5, 5.41) is 12.7. The van der Waals surface area contributed by atoms with E-state index in [0.717, 1.165) is 9.42 Å². The van der Waals surface area contributed by atoms with Crippen LogP contribution in [0.3, 0.4) is 0 Å². The highest BCUT2D eigenvalue weighted by atomic mass is 19.4. The zero-order valence-electron chi connectivity index (χ0n) is 15.5. The zero-order chi connectivity index (χ0) is 20.7. The SMILES string of the molecule is Cc1nc2nc(C(F)(F)F)nn2c(C)c1CCC(=O)N(C)C(C)(C)C(=O)O. The molecule has 0 atom stereocenters. The van der Waals surface area contributed by atoms with E-state index in [-0.39, 0.29) is 18.6 Å². The normalized spacial score (nSPS) is 12.4. The van der Waals surface area contributed by atoms with E-state index < -0.39 is 29.4 Å². The van der Waals surface area contributed by atoms with Gasteiger partial charge in [0.2, 0.25) is 5.91 Å². The molecule has 0 unspecified atom stereocenters. The number of fused-ring (bicyclic) bond motifs is 1. The van der Waals surface area contributed by atoms with E-state index in [9.17, 15) is 27.9 Å². The van der Waals surface area contributed by atoms with Crippen LogP contribution in [0.15, 0.2) is 0 Å². The van der Waals surface area contributed by atoms with Crippen molar-refractivity contribution in [3.8, 4) is 0 Å². The lowest BCUT2D eigenvalue weighted by molar-refractivity contribution is -0.155. The van der Waals surface area contributed by atoms with Crippen LogP contribution in [0.4, 0.5) is 13.2 Å². The van der Waals surface area contributed by atoms with Crippen molar-refractivity contribution in [2.75, 3.05) is 7.05 Å². The number of aliphatic carboxylic acids is 1. The van der Waals surface area contributed by atoms with E-state index in [2.05, 4.69) is 15.1 Å². The van der Waals surface area contributed by atoms with Crippen LogP contribution >= 0.6 is 0 Å². The molecular weight excluding hydrogens is 367 g/mol. The Labute approximate surface area is 153 Å². The van der Waals surface area contributed by atoms with E-state index in [4.69, 9.17) is 0 Å². The van der Waals surface area contributed by atoms with Gasteiger partial charge in [0.05, 0.1) is 0 Å².